The molecule has 1 aliphatic heterocycles. The van der Waals surface area contributed by atoms with Crippen LogP contribution >= 0.6 is 0 Å². The number of aromatic nitrogens is 1. The number of carbonyl (C=O) groups excluding carboxylic acids is 2. The Hall–Kier alpha value is -2.36. The highest BCUT2D eigenvalue weighted by molar-refractivity contribution is 5.94. The first-order valence-electron chi connectivity index (χ1n) is 5.99. The third-order valence-corrected chi connectivity index (χ3v) is 2.83. The molecule has 0 bridgehead atoms. The molecule has 1 aromatic rings. The second kappa shape index (κ2) is 6.39. The Morgan fingerprint density at radius 3 is 2.67 bits per heavy atom. The lowest BCUT2D eigenvalue weighted by Gasteiger charge is -2.16. The quantitative estimate of drug-likeness (QED) is 0.281. The summed E-state index contributed by atoms with van der Waals surface area (Å²) in [5, 5.41) is 31.8. The number of rotatable bonds is 4. The minimum absolute atomic E-state index is 0.319. The second-order valence-corrected chi connectivity index (χ2v) is 4.28. The average molecular weight is 295 g/mol. The van der Waals surface area contributed by atoms with Crippen molar-refractivity contribution in [3.8, 4) is 0 Å². The number of esters is 1. The summed E-state index contributed by atoms with van der Waals surface area (Å²) in [4.78, 5) is 26.4. The number of cyclic esters (lactones) is 1. The van der Waals surface area contributed by atoms with Gasteiger partial charge in [-0.2, -0.15) is 5.10 Å². The zero-order valence-corrected chi connectivity index (χ0v) is 10.7. The van der Waals surface area contributed by atoms with Crippen LogP contribution in [-0.2, 0) is 9.53 Å². The van der Waals surface area contributed by atoms with E-state index in [0.717, 1.165) is 6.21 Å². The summed E-state index contributed by atoms with van der Waals surface area (Å²) in [5.74, 6) is -1.55. The van der Waals surface area contributed by atoms with Crippen LogP contribution in [0.25, 0.3) is 0 Å². The third kappa shape index (κ3) is 3.40. The van der Waals surface area contributed by atoms with Crippen LogP contribution in [0.3, 0.4) is 0 Å². The first-order valence-corrected chi connectivity index (χ1v) is 5.99. The van der Waals surface area contributed by atoms with E-state index < -0.39 is 36.3 Å². The Morgan fingerprint density at radius 2 is 2.10 bits per heavy atom. The summed E-state index contributed by atoms with van der Waals surface area (Å²) in [5.41, 5.74) is 2.47. The van der Waals surface area contributed by atoms with E-state index in [0.29, 0.717) is 5.56 Å². The maximum atomic E-state index is 11.6. The van der Waals surface area contributed by atoms with Gasteiger partial charge in [0.25, 0.3) is 5.91 Å². The molecule has 4 N–H and O–H groups in total. The first-order chi connectivity index (χ1) is 10.0. The lowest BCUT2D eigenvalue weighted by atomic mass is 10.1. The van der Waals surface area contributed by atoms with Gasteiger partial charge in [0.1, 0.15) is 12.2 Å². The average Bonchev–Trinajstić information content (AvgIpc) is 2.75. The number of amides is 1. The Labute approximate surface area is 118 Å². The van der Waals surface area contributed by atoms with Gasteiger partial charge in [0.15, 0.2) is 12.2 Å². The summed E-state index contributed by atoms with van der Waals surface area (Å²) in [6.07, 6.45) is -2.32. The van der Waals surface area contributed by atoms with Crippen LogP contribution in [0.5, 0.6) is 0 Å². The number of pyridine rings is 1. The topological polar surface area (TPSA) is 141 Å². The smallest absolute Gasteiger partial charge is 0.338 e. The summed E-state index contributed by atoms with van der Waals surface area (Å²) in [6.45, 7) is 0. The van der Waals surface area contributed by atoms with Crippen LogP contribution in [0, 0.1) is 0 Å². The highest BCUT2D eigenvalue weighted by atomic mass is 16.6. The van der Waals surface area contributed by atoms with Crippen molar-refractivity contribution in [3.05, 3.63) is 30.1 Å². The Morgan fingerprint density at radius 1 is 1.43 bits per heavy atom. The number of nitrogens with zero attached hydrogens (tertiary/aromatic N) is 2. The van der Waals surface area contributed by atoms with Crippen molar-refractivity contribution >= 4 is 18.1 Å². The van der Waals surface area contributed by atoms with Crippen molar-refractivity contribution in [3.63, 3.8) is 0 Å². The maximum Gasteiger partial charge on any atom is 0.338 e. The molecular weight excluding hydrogens is 282 g/mol. The molecule has 1 fully saturated rings. The van der Waals surface area contributed by atoms with Gasteiger partial charge >= 0.3 is 5.97 Å². The first kappa shape index (κ1) is 15.0. The molecule has 4 atom stereocenters. The van der Waals surface area contributed by atoms with Crippen molar-refractivity contribution in [1.82, 2.24) is 10.4 Å². The molecule has 2 rings (SSSR count). The van der Waals surface area contributed by atoms with E-state index in [1.165, 1.54) is 24.5 Å². The van der Waals surface area contributed by atoms with E-state index in [1.54, 1.807) is 0 Å². The molecule has 0 spiro atoms. The van der Waals surface area contributed by atoms with Crippen LogP contribution in [0.2, 0.25) is 0 Å². The summed E-state index contributed by atoms with van der Waals surface area (Å²) < 4.78 is 4.59. The Balaban J connectivity index is 1.90. The normalized spacial score (nSPS) is 26.6. The zero-order chi connectivity index (χ0) is 15.4. The number of ether oxygens (including phenoxy) is 1. The van der Waals surface area contributed by atoms with Gasteiger partial charge in [-0.25, -0.2) is 10.2 Å². The molecule has 21 heavy (non-hydrogen) atoms. The van der Waals surface area contributed by atoms with Crippen molar-refractivity contribution in [2.45, 2.75) is 24.4 Å². The summed E-state index contributed by atoms with van der Waals surface area (Å²) in [7, 11) is 0. The number of hydrazone groups is 1. The van der Waals surface area contributed by atoms with Gasteiger partial charge in [-0.1, -0.05) is 0 Å². The molecule has 1 amide bonds. The molecule has 1 aromatic heterocycles. The van der Waals surface area contributed by atoms with Gasteiger partial charge in [-0.15, -0.1) is 0 Å². The molecule has 0 aromatic carbocycles. The number of carbonyl (C=O) groups is 2. The fourth-order valence-electron chi connectivity index (χ4n) is 1.69. The molecule has 1 saturated heterocycles. The van der Waals surface area contributed by atoms with E-state index in [-0.39, 0.29) is 0 Å². The lowest BCUT2D eigenvalue weighted by Crippen LogP contribution is -2.39. The molecule has 9 nitrogen and oxygen atoms in total. The van der Waals surface area contributed by atoms with E-state index in [2.05, 4.69) is 20.2 Å². The molecule has 9 heteroatoms. The SMILES string of the molecule is O=C(N/N=C\[C@H](O)[C@@H]1OC(=O)[C@H](O)[C@@H]1O)c1ccncc1. The van der Waals surface area contributed by atoms with Crippen LogP contribution in [0.4, 0.5) is 0 Å². The number of hydrogen-bond acceptors (Lipinski definition) is 8. The molecule has 0 radical (unpaired) electrons. The van der Waals surface area contributed by atoms with E-state index in [4.69, 9.17) is 0 Å². The molecular formula is C12H13N3O6. The van der Waals surface area contributed by atoms with Gasteiger partial charge in [0.2, 0.25) is 0 Å². The van der Waals surface area contributed by atoms with Crippen LogP contribution in [0.1, 0.15) is 10.4 Å². The Bertz CT molecular complexity index is 549. The van der Waals surface area contributed by atoms with Crippen molar-refractivity contribution in [2.24, 2.45) is 5.10 Å². The van der Waals surface area contributed by atoms with Crippen LogP contribution in [-0.4, -0.2) is 62.8 Å². The van der Waals surface area contributed by atoms with E-state index >= 15 is 0 Å². The van der Waals surface area contributed by atoms with Crippen LogP contribution < -0.4 is 5.43 Å². The van der Waals surface area contributed by atoms with Crippen molar-refractivity contribution < 1.29 is 29.6 Å². The van der Waals surface area contributed by atoms with E-state index in [1.807, 2.05) is 0 Å². The molecule has 112 valence electrons. The maximum absolute atomic E-state index is 11.6. The minimum Gasteiger partial charge on any atom is -0.454 e. The standard InChI is InChI=1S/C12H13N3O6/c16-7(10-8(17)9(18)12(20)21-10)5-14-15-11(19)6-1-3-13-4-2-6/h1-5,7-10,16-18H,(H,15,19)/b14-5-/t7-,8-,9+,10-/m0/s1. The molecule has 0 unspecified atom stereocenters. The summed E-state index contributed by atoms with van der Waals surface area (Å²) >= 11 is 0. The molecule has 0 saturated carbocycles. The van der Waals surface area contributed by atoms with Gasteiger partial charge in [-0.05, 0) is 12.1 Å². The number of aliphatic hydroxyl groups is 3. The largest absolute Gasteiger partial charge is 0.454 e. The second-order valence-electron chi connectivity index (χ2n) is 4.28. The van der Waals surface area contributed by atoms with Gasteiger partial charge in [0, 0.05) is 18.0 Å². The zero-order valence-electron chi connectivity index (χ0n) is 10.7. The fourth-order valence-corrected chi connectivity index (χ4v) is 1.69. The molecule has 1 aliphatic rings. The number of hydrogen-bond donors (Lipinski definition) is 4. The molecule has 0 aliphatic carbocycles. The van der Waals surface area contributed by atoms with Crippen molar-refractivity contribution in [2.75, 3.05) is 0 Å². The van der Waals surface area contributed by atoms with Crippen LogP contribution in [0.15, 0.2) is 29.6 Å². The highest BCUT2D eigenvalue weighted by Crippen LogP contribution is 2.18. The highest BCUT2D eigenvalue weighted by Gasteiger charge is 2.45. The third-order valence-electron chi connectivity index (χ3n) is 2.83. The minimum atomic E-state index is -1.70. The summed E-state index contributed by atoms with van der Waals surface area (Å²) in [6, 6.07) is 2.94. The predicted molar refractivity (Wildman–Crippen MR) is 68.1 cm³/mol. The predicted octanol–water partition coefficient (Wildman–Crippen LogP) is -2.19. The number of nitrogens with one attached hydrogen (secondary N) is 1. The Kier molecular flexibility index (Phi) is 4.58. The lowest BCUT2D eigenvalue weighted by molar-refractivity contribution is -0.149. The monoisotopic (exact) mass is 295 g/mol. The van der Waals surface area contributed by atoms with Gasteiger partial charge in [0.05, 0.1) is 6.21 Å². The number of aliphatic hydroxyl groups excluding tert-OH is 3. The van der Waals surface area contributed by atoms with Crippen molar-refractivity contribution in [1.29, 1.82) is 0 Å². The van der Waals surface area contributed by atoms with Gasteiger partial charge < -0.3 is 20.1 Å². The van der Waals surface area contributed by atoms with Gasteiger partial charge in [-0.3, -0.25) is 9.78 Å². The van der Waals surface area contributed by atoms with E-state index in [9.17, 15) is 24.9 Å². The fraction of sp³-hybridized carbons (Fsp3) is 0.333. The molecule has 2 heterocycles.